The highest BCUT2D eigenvalue weighted by Gasteiger charge is 2.23. The molecule has 0 fully saturated rings. The van der Waals surface area contributed by atoms with Crippen molar-refractivity contribution in [3.05, 3.63) is 29.8 Å². The first-order chi connectivity index (χ1) is 10.7. The summed E-state index contributed by atoms with van der Waals surface area (Å²) >= 11 is 0. The summed E-state index contributed by atoms with van der Waals surface area (Å²) in [7, 11) is -3.59. The van der Waals surface area contributed by atoms with Crippen molar-refractivity contribution >= 4 is 27.4 Å². The molecule has 128 valence electrons. The lowest BCUT2D eigenvalue weighted by molar-refractivity contribution is -0.119. The molecule has 0 aromatic heterocycles. The van der Waals surface area contributed by atoms with Gasteiger partial charge in [-0.1, -0.05) is 13.8 Å². The summed E-state index contributed by atoms with van der Waals surface area (Å²) in [4.78, 5) is 23.3. The van der Waals surface area contributed by atoms with E-state index in [0.717, 1.165) is 4.31 Å². The number of anilines is 1. The Morgan fingerprint density at radius 1 is 1.17 bits per heavy atom. The molecule has 0 atom stereocenters. The Morgan fingerprint density at radius 2 is 1.74 bits per heavy atom. The third kappa shape index (κ3) is 5.67. The van der Waals surface area contributed by atoms with Crippen LogP contribution >= 0.6 is 0 Å². The summed E-state index contributed by atoms with van der Waals surface area (Å²) in [5, 5.41) is 2.71. The standard InChI is InChI=1S/C16H24N2O4S/c1-5-23(21,22)18(11-16(20)17-10-12(2)3)15-8-6-14(7-9-15)13(4)19/h6-9,12H,5,10-11H2,1-4H3,(H,17,20). The number of carbonyl (C=O) groups excluding carboxylic acids is 2. The molecule has 6 nitrogen and oxygen atoms in total. The number of rotatable bonds is 8. The van der Waals surface area contributed by atoms with Gasteiger partial charge in [0, 0.05) is 12.1 Å². The van der Waals surface area contributed by atoms with Crippen LogP contribution < -0.4 is 9.62 Å². The molecule has 0 heterocycles. The fourth-order valence-corrected chi connectivity index (χ4v) is 2.94. The predicted molar refractivity (Wildman–Crippen MR) is 91.1 cm³/mol. The minimum Gasteiger partial charge on any atom is -0.354 e. The highest BCUT2D eigenvalue weighted by atomic mass is 32.2. The fourth-order valence-electron chi connectivity index (χ4n) is 1.87. The molecule has 1 aromatic rings. The van der Waals surface area contributed by atoms with Gasteiger partial charge in [-0.2, -0.15) is 0 Å². The number of carbonyl (C=O) groups is 2. The number of sulfonamides is 1. The Hall–Kier alpha value is -1.89. The molecule has 0 bridgehead atoms. The lowest BCUT2D eigenvalue weighted by atomic mass is 10.1. The number of benzene rings is 1. The maximum atomic E-state index is 12.3. The normalized spacial score (nSPS) is 11.3. The minimum atomic E-state index is -3.59. The van der Waals surface area contributed by atoms with Crippen LogP contribution in [0.5, 0.6) is 0 Å². The molecule has 1 N–H and O–H groups in total. The highest BCUT2D eigenvalue weighted by molar-refractivity contribution is 7.92. The van der Waals surface area contributed by atoms with Gasteiger partial charge in [-0.25, -0.2) is 8.42 Å². The minimum absolute atomic E-state index is 0.101. The van der Waals surface area contributed by atoms with Crippen LogP contribution in [0, 0.1) is 5.92 Å². The second-order valence-electron chi connectivity index (χ2n) is 5.71. The quantitative estimate of drug-likeness (QED) is 0.732. The average molecular weight is 340 g/mol. The second-order valence-corrected chi connectivity index (χ2v) is 7.89. The molecule has 0 radical (unpaired) electrons. The van der Waals surface area contributed by atoms with Crippen LogP contribution in [0.15, 0.2) is 24.3 Å². The van der Waals surface area contributed by atoms with Crippen LogP contribution in [-0.4, -0.2) is 39.0 Å². The molecule has 0 saturated heterocycles. The van der Waals surface area contributed by atoms with Gasteiger partial charge < -0.3 is 5.32 Å². The maximum Gasteiger partial charge on any atom is 0.240 e. The number of hydrogen-bond donors (Lipinski definition) is 1. The zero-order chi connectivity index (χ0) is 17.6. The third-order valence-electron chi connectivity index (χ3n) is 3.26. The van der Waals surface area contributed by atoms with Gasteiger partial charge in [0.15, 0.2) is 5.78 Å². The Balaban J connectivity index is 3.02. The number of ketones is 1. The molecule has 0 saturated carbocycles. The van der Waals surface area contributed by atoms with E-state index in [4.69, 9.17) is 0 Å². The Bertz CT molecular complexity index is 651. The summed E-state index contributed by atoms with van der Waals surface area (Å²) in [6.45, 7) is 7.10. The van der Waals surface area contributed by atoms with E-state index in [9.17, 15) is 18.0 Å². The lowest BCUT2D eigenvalue weighted by Crippen LogP contribution is -2.42. The van der Waals surface area contributed by atoms with E-state index in [-0.39, 0.29) is 29.9 Å². The molecular weight excluding hydrogens is 316 g/mol. The van der Waals surface area contributed by atoms with Gasteiger partial charge in [-0.3, -0.25) is 13.9 Å². The first kappa shape index (κ1) is 19.2. The van der Waals surface area contributed by atoms with Crippen LogP contribution in [0.25, 0.3) is 0 Å². The zero-order valence-corrected chi connectivity index (χ0v) is 14.8. The largest absolute Gasteiger partial charge is 0.354 e. The average Bonchev–Trinajstić information content (AvgIpc) is 2.50. The third-order valence-corrected chi connectivity index (χ3v) is 5.00. The summed E-state index contributed by atoms with van der Waals surface area (Å²) in [5.74, 6) is -0.286. The van der Waals surface area contributed by atoms with Crippen molar-refractivity contribution in [2.45, 2.75) is 27.7 Å². The van der Waals surface area contributed by atoms with E-state index >= 15 is 0 Å². The van der Waals surface area contributed by atoms with Crippen molar-refractivity contribution in [2.24, 2.45) is 5.92 Å². The summed E-state index contributed by atoms with van der Waals surface area (Å²) in [6.07, 6.45) is 0. The molecule has 23 heavy (non-hydrogen) atoms. The van der Waals surface area contributed by atoms with Gasteiger partial charge >= 0.3 is 0 Å². The predicted octanol–water partition coefficient (Wildman–Crippen LogP) is 1.82. The first-order valence-corrected chi connectivity index (χ1v) is 9.16. The molecule has 7 heteroatoms. The molecule has 0 unspecified atom stereocenters. The van der Waals surface area contributed by atoms with Crippen LogP contribution in [0.2, 0.25) is 0 Å². The molecular formula is C16H24N2O4S. The highest BCUT2D eigenvalue weighted by Crippen LogP contribution is 2.19. The zero-order valence-electron chi connectivity index (χ0n) is 14.0. The summed E-state index contributed by atoms with van der Waals surface area (Å²) in [5.41, 5.74) is 0.864. The van der Waals surface area contributed by atoms with E-state index in [1.165, 1.54) is 13.8 Å². The van der Waals surface area contributed by atoms with Crippen LogP contribution in [0.3, 0.4) is 0 Å². The number of nitrogens with one attached hydrogen (secondary N) is 1. The van der Waals surface area contributed by atoms with E-state index < -0.39 is 10.0 Å². The van der Waals surface area contributed by atoms with Crippen molar-refractivity contribution in [3.8, 4) is 0 Å². The van der Waals surface area contributed by atoms with Gasteiger partial charge in [0.2, 0.25) is 15.9 Å². The van der Waals surface area contributed by atoms with Crippen molar-refractivity contribution in [2.75, 3.05) is 23.1 Å². The molecule has 0 aliphatic heterocycles. The van der Waals surface area contributed by atoms with Gasteiger partial charge in [0.25, 0.3) is 0 Å². The molecule has 0 aliphatic rings. The monoisotopic (exact) mass is 340 g/mol. The van der Waals surface area contributed by atoms with Gasteiger partial charge in [-0.15, -0.1) is 0 Å². The lowest BCUT2D eigenvalue weighted by Gasteiger charge is -2.23. The Labute approximate surface area is 137 Å². The van der Waals surface area contributed by atoms with E-state index in [1.54, 1.807) is 24.3 Å². The SMILES string of the molecule is CCS(=O)(=O)N(CC(=O)NCC(C)C)c1ccc(C(C)=O)cc1. The van der Waals surface area contributed by atoms with Crippen LogP contribution in [-0.2, 0) is 14.8 Å². The van der Waals surface area contributed by atoms with Crippen molar-refractivity contribution < 1.29 is 18.0 Å². The fraction of sp³-hybridized carbons (Fsp3) is 0.500. The topological polar surface area (TPSA) is 83.6 Å². The number of hydrogen-bond acceptors (Lipinski definition) is 4. The second kappa shape index (κ2) is 8.10. The summed E-state index contributed by atoms with van der Waals surface area (Å²) < 4.78 is 25.6. The molecule has 0 spiro atoms. The van der Waals surface area contributed by atoms with Gasteiger partial charge in [0.1, 0.15) is 6.54 Å². The van der Waals surface area contributed by atoms with Gasteiger partial charge in [-0.05, 0) is 44.0 Å². The van der Waals surface area contributed by atoms with E-state index in [0.29, 0.717) is 17.8 Å². The van der Waals surface area contributed by atoms with Crippen LogP contribution in [0.4, 0.5) is 5.69 Å². The van der Waals surface area contributed by atoms with Crippen molar-refractivity contribution in [1.82, 2.24) is 5.32 Å². The molecule has 1 rings (SSSR count). The number of amides is 1. The first-order valence-electron chi connectivity index (χ1n) is 7.55. The Kier molecular flexibility index (Phi) is 6.75. The van der Waals surface area contributed by atoms with E-state index in [1.807, 2.05) is 13.8 Å². The smallest absolute Gasteiger partial charge is 0.240 e. The molecule has 1 amide bonds. The Morgan fingerprint density at radius 3 is 2.17 bits per heavy atom. The van der Waals surface area contributed by atoms with Crippen molar-refractivity contribution in [3.63, 3.8) is 0 Å². The van der Waals surface area contributed by atoms with E-state index in [2.05, 4.69) is 5.32 Å². The van der Waals surface area contributed by atoms with Crippen LogP contribution in [0.1, 0.15) is 38.1 Å². The number of nitrogens with zero attached hydrogens (tertiary/aromatic N) is 1. The molecule has 0 aliphatic carbocycles. The van der Waals surface area contributed by atoms with Gasteiger partial charge in [0.05, 0.1) is 11.4 Å². The molecule has 1 aromatic carbocycles. The summed E-state index contributed by atoms with van der Waals surface area (Å²) in [6, 6.07) is 6.20. The number of Topliss-reactive ketones (excluding diaryl/α,β-unsaturated/α-hetero) is 1. The van der Waals surface area contributed by atoms with Crippen molar-refractivity contribution in [1.29, 1.82) is 0 Å². The maximum absolute atomic E-state index is 12.3.